The molecule has 0 aliphatic rings. The summed E-state index contributed by atoms with van der Waals surface area (Å²) in [6, 6.07) is 0. The van der Waals surface area contributed by atoms with Gasteiger partial charge >= 0.3 is 0 Å². The van der Waals surface area contributed by atoms with Gasteiger partial charge < -0.3 is 0 Å². The Morgan fingerprint density at radius 2 is 1.82 bits per heavy atom. The van der Waals surface area contributed by atoms with Crippen molar-refractivity contribution in [2.75, 3.05) is 6.54 Å². The van der Waals surface area contributed by atoms with Crippen LogP contribution in [0.4, 0.5) is 0 Å². The molecule has 0 spiro atoms. The Hall–Kier alpha value is 0.270. The molecular formula is C5H8Cl3NO2. The lowest BCUT2D eigenvalue weighted by Crippen LogP contribution is -2.05. The fraction of sp³-hybridized carbons (Fsp3) is 1.00. The van der Waals surface area contributed by atoms with E-state index in [1.165, 1.54) is 0 Å². The molecule has 11 heavy (non-hydrogen) atoms. The number of rotatable bonds is 4. The predicted molar refractivity (Wildman–Crippen MR) is 46.0 cm³/mol. The fourth-order valence-corrected chi connectivity index (χ4v) is 0.967. The number of unbranched alkanes of at least 4 members (excludes halogenated alkanes) is 1. The third-order valence-corrected chi connectivity index (χ3v) is 1.62. The summed E-state index contributed by atoms with van der Waals surface area (Å²) in [6.45, 7) is -0.0548. The summed E-state index contributed by atoms with van der Waals surface area (Å²) in [4.78, 5) is 9.45. The minimum Gasteiger partial charge on any atom is -0.265 e. The van der Waals surface area contributed by atoms with Crippen LogP contribution in [0.15, 0.2) is 0 Å². The van der Waals surface area contributed by atoms with E-state index in [1.54, 1.807) is 0 Å². The van der Waals surface area contributed by atoms with Gasteiger partial charge in [-0.3, -0.25) is 10.1 Å². The highest BCUT2D eigenvalue weighted by Gasteiger charge is 2.18. The Balaban J connectivity index is 3.22. The smallest absolute Gasteiger partial charge is 0.203 e. The average molecular weight is 220 g/mol. The molecule has 0 aliphatic carbocycles. The van der Waals surface area contributed by atoms with Crippen molar-refractivity contribution < 1.29 is 4.92 Å². The summed E-state index contributed by atoms with van der Waals surface area (Å²) < 4.78 is -1.27. The zero-order valence-corrected chi connectivity index (χ0v) is 7.99. The molecule has 0 saturated carbocycles. The number of hydrogen-bond acceptors (Lipinski definition) is 2. The third-order valence-electron chi connectivity index (χ3n) is 1.05. The van der Waals surface area contributed by atoms with Gasteiger partial charge in [0, 0.05) is 11.3 Å². The van der Waals surface area contributed by atoms with Crippen LogP contribution in [0, 0.1) is 10.1 Å². The monoisotopic (exact) mass is 219 g/mol. The molecule has 0 aromatic heterocycles. The van der Waals surface area contributed by atoms with E-state index in [0.717, 1.165) is 0 Å². The van der Waals surface area contributed by atoms with Gasteiger partial charge in [0.2, 0.25) is 6.54 Å². The number of halogens is 3. The van der Waals surface area contributed by atoms with Crippen LogP contribution in [0.3, 0.4) is 0 Å². The summed E-state index contributed by atoms with van der Waals surface area (Å²) in [5.41, 5.74) is 0. The first-order valence-corrected chi connectivity index (χ1v) is 4.24. The maximum atomic E-state index is 9.83. The van der Waals surface area contributed by atoms with Crippen LogP contribution >= 0.6 is 34.8 Å². The first-order chi connectivity index (χ1) is 4.92. The second-order valence-corrected chi connectivity index (χ2v) is 4.64. The fourth-order valence-electron chi connectivity index (χ4n) is 0.566. The van der Waals surface area contributed by atoms with Crippen LogP contribution in [-0.2, 0) is 0 Å². The lowest BCUT2D eigenvalue weighted by atomic mass is 10.2. The molecule has 0 N–H and O–H groups in total. The number of hydrogen-bond donors (Lipinski definition) is 0. The molecule has 0 heterocycles. The zero-order chi connectivity index (χ0) is 8.91. The highest BCUT2D eigenvalue weighted by Crippen LogP contribution is 2.31. The molecule has 0 radical (unpaired) electrons. The Morgan fingerprint density at radius 3 is 2.18 bits per heavy atom. The van der Waals surface area contributed by atoms with E-state index in [4.69, 9.17) is 34.8 Å². The SMILES string of the molecule is O=[N+]([O-])CCCCC(Cl)(Cl)Cl. The molecule has 3 nitrogen and oxygen atoms in total. The predicted octanol–water partition coefficient (Wildman–Crippen LogP) is 2.80. The van der Waals surface area contributed by atoms with Crippen molar-refractivity contribution in [2.45, 2.75) is 23.1 Å². The van der Waals surface area contributed by atoms with Gasteiger partial charge in [-0.1, -0.05) is 34.8 Å². The first kappa shape index (κ1) is 11.3. The maximum Gasteiger partial charge on any atom is 0.203 e. The van der Waals surface area contributed by atoms with E-state index in [9.17, 15) is 10.1 Å². The van der Waals surface area contributed by atoms with Crippen molar-refractivity contribution >= 4 is 34.8 Å². The summed E-state index contributed by atoms with van der Waals surface area (Å²) in [7, 11) is 0. The van der Waals surface area contributed by atoms with Crippen LogP contribution in [0.2, 0.25) is 0 Å². The molecule has 0 aromatic carbocycles. The van der Waals surface area contributed by atoms with Crippen LogP contribution in [-0.4, -0.2) is 15.3 Å². The highest BCUT2D eigenvalue weighted by atomic mass is 35.6. The second kappa shape index (κ2) is 5.01. The summed E-state index contributed by atoms with van der Waals surface area (Å²) >= 11 is 16.2. The van der Waals surface area contributed by atoms with E-state index in [-0.39, 0.29) is 11.5 Å². The number of nitrogens with zero attached hydrogens (tertiary/aromatic N) is 1. The van der Waals surface area contributed by atoms with Crippen molar-refractivity contribution in [1.29, 1.82) is 0 Å². The molecule has 0 saturated heterocycles. The van der Waals surface area contributed by atoms with Gasteiger partial charge in [0.05, 0.1) is 0 Å². The zero-order valence-electron chi connectivity index (χ0n) is 5.73. The van der Waals surface area contributed by atoms with E-state index < -0.39 is 3.79 Å². The molecule has 66 valence electrons. The van der Waals surface area contributed by atoms with Crippen LogP contribution in [0.1, 0.15) is 19.3 Å². The van der Waals surface area contributed by atoms with Gasteiger partial charge in [-0.15, -0.1) is 0 Å². The van der Waals surface area contributed by atoms with Gasteiger partial charge in [0.25, 0.3) is 0 Å². The van der Waals surface area contributed by atoms with Gasteiger partial charge in [-0.2, -0.15) is 0 Å². The van der Waals surface area contributed by atoms with Crippen LogP contribution in [0.25, 0.3) is 0 Å². The lowest BCUT2D eigenvalue weighted by Gasteiger charge is -2.07. The molecular weight excluding hydrogens is 212 g/mol. The quantitative estimate of drug-likeness (QED) is 0.316. The molecule has 0 amide bonds. The lowest BCUT2D eigenvalue weighted by molar-refractivity contribution is -0.480. The van der Waals surface area contributed by atoms with E-state index in [1.807, 2.05) is 0 Å². The van der Waals surface area contributed by atoms with Crippen LogP contribution in [0.5, 0.6) is 0 Å². The minimum atomic E-state index is -1.27. The summed E-state index contributed by atoms with van der Waals surface area (Å²) in [6.07, 6.45) is 1.39. The Labute approximate surface area is 79.8 Å². The van der Waals surface area contributed by atoms with Gasteiger partial charge in [-0.25, -0.2) is 0 Å². The second-order valence-electron chi connectivity index (χ2n) is 2.13. The van der Waals surface area contributed by atoms with Crippen molar-refractivity contribution in [2.24, 2.45) is 0 Å². The normalized spacial score (nSPS) is 11.5. The van der Waals surface area contributed by atoms with E-state index in [2.05, 4.69) is 0 Å². The van der Waals surface area contributed by atoms with Gasteiger partial charge in [-0.05, 0) is 12.8 Å². The Morgan fingerprint density at radius 1 is 1.27 bits per heavy atom. The number of alkyl halides is 3. The Bertz CT molecular complexity index is 134. The van der Waals surface area contributed by atoms with Gasteiger partial charge in [0.1, 0.15) is 0 Å². The van der Waals surface area contributed by atoms with Crippen molar-refractivity contribution in [3.05, 3.63) is 10.1 Å². The van der Waals surface area contributed by atoms with Crippen molar-refractivity contribution in [3.8, 4) is 0 Å². The highest BCUT2D eigenvalue weighted by molar-refractivity contribution is 6.67. The van der Waals surface area contributed by atoms with E-state index in [0.29, 0.717) is 19.3 Å². The molecule has 0 aliphatic heterocycles. The number of nitro groups is 1. The largest absolute Gasteiger partial charge is 0.265 e. The molecule has 0 bridgehead atoms. The summed E-state index contributed by atoms with van der Waals surface area (Å²) in [5, 5.41) is 9.83. The molecule has 0 aromatic rings. The molecule has 6 heteroatoms. The molecule has 0 unspecified atom stereocenters. The first-order valence-electron chi connectivity index (χ1n) is 3.10. The maximum absolute atomic E-state index is 9.83. The van der Waals surface area contributed by atoms with Gasteiger partial charge in [0.15, 0.2) is 3.79 Å². The summed E-state index contributed by atoms with van der Waals surface area (Å²) in [5.74, 6) is 0. The Kier molecular flexibility index (Phi) is 5.13. The van der Waals surface area contributed by atoms with Crippen LogP contribution < -0.4 is 0 Å². The van der Waals surface area contributed by atoms with E-state index >= 15 is 0 Å². The third kappa shape index (κ3) is 10.3. The molecule has 0 atom stereocenters. The van der Waals surface area contributed by atoms with Crippen molar-refractivity contribution in [3.63, 3.8) is 0 Å². The topological polar surface area (TPSA) is 43.1 Å². The molecule has 0 rings (SSSR count). The average Bonchev–Trinajstić information content (AvgIpc) is 1.78. The van der Waals surface area contributed by atoms with Crippen molar-refractivity contribution in [1.82, 2.24) is 0 Å². The standard InChI is InChI=1S/C5H8Cl3NO2/c6-5(7,8)3-1-2-4-9(10)11/h1-4H2. The molecule has 0 fully saturated rings. The minimum absolute atomic E-state index is 0.0548.